The molecule has 1 saturated heterocycles. The number of anilines is 1. The van der Waals surface area contributed by atoms with Crippen molar-refractivity contribution in [1.29, 1.82) is 0 Å². The predicted octanol–water partition coefficient (Wildman–Crippen LogP) is 5.19. The molecule has 0 atom stereocenters. The molecule has 0 unspecified atom stereocenters. The number of carbonyl (C=O) groups is 1. The van der Waals surface area contributed by atoms with Gasteiger partial charge in [0.15, 0.2) is 0 Å². The van der Waals surface area contributed by atoms with E-state index in [1.807, 2.05) is 30.3 Å². The van der Waals surface area contributed by atoms with Crippen molar-refractivity contribution >= 4 is 55.6 Å². The summed E-state index contributed by atoms with van der Waals surface area (Å²) in [5.41, 5.74) is 0.497. The number of amides is 1. The molecule has 4 rings (SSSR count). The van der Waals surface area contributed by atoms with Crippen molar-refractivity contribution in [2.75, 3.05) is 18.4 Å². The van der Waals surface area contributed by atoms with Crippen LogP contribution in [0.5, 0.6) is 0 Å². The third-order valence-corrected chi connectivity index (χ3v) is 7.81. The lowest BCUT2D eigenvalue weighted by molar-refractivity contribution is -0.120. The third kappa shape index (κ3) is 4.32. The maximum atomic E-state index is 13.1. The number of piperidine rings is 1. The monoisotopic (exact) mass is 462 g/mol. The number of fused-ring (bicyclic) bond motifs is 1. The predicted molar refractivity (Wildman–Crippen MR) is 121 cm³/mol. The molecule has 1 fully saturated rings. The fraction of sp³-hybridized carbons (Fsp3) is 0.227. The van der Waals surface area contributed by atoms with Crippen LogP contribution in [0.4, 0.5) is 5.69 Å². The van der Waals surface area contributed by atoms with Gasteiger partial charge >= 0.3 is 0 Å². The van der Waals surface area contributed by atoms with E-state index in [0.717, 1.165) is 10.8 Å². The van der Waals surface area contributed by atoms with Gasteiger partial charge < -0.3 is 5.32 Å². The Kier molecular flexibility index (Phi) is 6.02. The Hall–Kier alpha value is -2.12. The zero-order valence-electron chi connectivity index (χ0n) is 16.0. The van der Waals surface area contributed by atoms with E-state index in [1.165, 1.54) is 4.31 Å². The Bertz CT molecular complexity index is 1210. The number of hydrogen-bond donors (Lipinski definition) is 1. The van der Waals surface area contributed by atoms with Crippen LogP contribution in [0.3, 0.4) is 0 Å². The van der Waals surface area contributed by atoms with Crippen molar-refractivity contribution in [3.63, 3.8) is 0 Å². The maximum Gasteiger partial charge on any atom is 0.243 e. The molecule has 0 radical (unpaired) electrons. The molecular formula is C22H20Cl2N2O3S. The number of carbonyl (C=O) groups excluding carboxylic acids is 1. The lowest BCUT2D eigenvalue weighted by atomic mass is 9.97. The first-order valence-corrected chi connectivity index (χ1v) is 11.8. The van der Waals surface area contributed by atoms with Crippen LogP contribution < -0.4 is 5.32 Å². The summed E-state index contributed by atoms with van der Waals surface area (Å²) in [5, 5.41) is 5.55. The van der Waals surface area contributed by atoms with E-state index in [1.54, 1.807) is 30.3 Å². The van der Waals surface area contributed by atoms with Crippen LogP contribution in [0.2, 0.25) is 10.0 Å². The topological polar surface area (TPSA) is 66.5 Å². The first kappa shape index (κ1) is 21.1. The van der Waals surface area contributed by atoms with Gasteiger partial charge in [-0.1, -0.05) is 53.5 Å². The van der Waals surface area contributed by atoms with Crippen molar-refractivity contribution < 1.29 is 13.2 Å². The molecule has 8 heteroatoms. The van der Waals surface area contributed by atoms with Gasteiger partial charge in [0.25, 0.3) is 0 Å². The number of benzene rings is 3. The highest BCUT2D eigenvalue weighted by atomic mass is 35.5. The van der Waals surface area contributed by atoms with Gasteiger partial charge in [0, 0.05) is 24.0 Å². The number of nitrogens with one attached hydrogen (secondary N) is 1. The number of rotatable bonds is 4. The van der Waals surface area contributed by atoms with E-state index >= 15 is 0 Å². The highest BCUT2D eigenvalue weighted by Crippen LogP contribution is 2.29. The van der Waals surface area contributed by atoms with Crippen molar-refractivity contribution in [2.24, 2.45) is 5.92 Å². The number of sulfonamides is 1. The molecule has 0 aliphatic carbocycles. The van der Waals surface area contributed by atoms with Crippen molar-refractivity contribution in [3.8, 4) is 0 Å². The molecule has 3 aromatic rings. The van der Waals surface area contributed by atoms with E-state index in [2.05, 4.69) is 5.32 Å². The molecule has 1 aliphatic heterocycles. The maximum absolute atomic E-state index is 13.1. The largest absolute Gasteiger partial charge is 0.325 e. The molecule has 1 aliphatic rings. The van der Waals surface area contributed by atoms with E-state index in [9.17, 15) is 13.2 Å². The molecule has 5 nitrogen and oxygen atoms in total. The van der Waals surface area contributed by atoms with E-state index in [0.29, 0.717) is 41.7 Å². The van der Waals surface area contributed by atoms with Crippen molar-refractivity contribution in [2.45, 2.75) is 17.7 Å². The highest BCUT2D eigenvalue weighted by molar-refractivity contribution is 7.89. The van der Waals surface area contributed by atoms with Crippen molar-refractivity contribution in [3.05, 3.63) is 70.7 Å². The zero-order valence-corrected chi connectivity index (χ0v) is 18.3. The number of hydrogen-bond acceptors (Lipinski definition) is 3. The summed E-state index contributed by atoms with van der Waals surface area (Å²) in [7, 11) is -3.61. The second-order valence-corrected chi connectivity index (χ2v) is 10.1. The molecule has 0 bridgehead atoms. The summed E-state index contributed by atoms with van der Waals surface area (Å²) in [6.45, 7) is 0.587. The molecule has 1 amide bonds. The van der Waals surface area contributed by atoms with Gasteiger partial charge in [-0.25, -0.2) is 8.42 Å². The van der Waals surface area contributed by atoms with Crippen LogP contribution in [-0.2, 0) is 14.8 Å². The van der Waals surface area contributed by atoms with Crippen LogP contribution in [0, 0.1) is 5.92 Å². The normalized spacial score (nSPS) is 15.9. The Balaban J connectivity index is 1.43. The zero-order chi connectivity index (χ0) is 21.3. The summed E-state index contributed by atoms with van der Waals surface area (Å²) in [6.07, 6.45) is 0.897. The van der Waals surface area contributed by atoms with Crippen LogP contribution in [0.15, 0.2) is 65.6 Å². The van der Waals surface area contributed by atoms with E-state index < -0.39 is 10.0 Å². The molecular weight excluding hydrogens is 443 g/mol. The highest BCUT2D eigenvalue weighted by Gasteiger charge is 2.32. The Morgan fingerprint density at radius 3 is 2.33 bits per heavy atom. The molecule has 0 saturated carbocycles. The van der Waals surface area contributed by atoms with Gasteiger partial charge in [-0.3, -0.25) is 4.79 Å². The SMILES string of the molecule is O=C(Nc1ccc(Cl)cc1Cl)C1CCN(S(=O)(=O)c2ccc3ccccc3c2)CC1. The lowest BCUT2D eigenvalue weighted by Crippen LogP contribution is -2.41. The summed E-state index contributed by atoms with van der Waals surface area (Å²) in [4.78, 5) is 12.9. The second-order valence-electron chi connectivity index (χ2n) is 7.30. The van der Waals surface area contributed by atoms with Gasteiger partial charge in [0.1, 0.15) is 0 Å². The minimum absolute atomic E-state index is 0.165. The van der Waals surface area contributed by atoms with Crippen LogP contribution in [0.1, 0.15) is 12.8 Å². The Morgan fingerprint density at radius 2 is 1.63 bits per heavy atom. The van der Waals surface area contributed by atoms with Gasteiger partial charge in [-0.15, -0.1) is 0 Å². The number of halogens is 2. The molecule has 1 heterocycles. The molecule has 1 N–H and O–H groups in total. The first-order chi connectivity index (χ1) is 14.3. The quantitative estimate of drug-likeness (QED) is 0.580. The summed E-state index contributed by atoms with van der Waals surface area (Å²) in [5.74, 6) is -0.443. The fourth-order valence-electron chi connectivity index (χ4n) is 3.66. The molecule has 0 spiro atoms. The van der Waals surface area contributed by atoms with E-state index in [-0.39, 0.29) is 16.7 Å². The lowest BCUT2D eigenvalue weighted by Gasteiger charge is -2.30. The Morgan fingerprint density at radius 1 is 0.933 bits per heavy atom. The van der Waals surface area contributed by atoms with E-state index in [4.69, 9.17) is 23.2 Å². The molecule has 3 aromatic carbocycles. The van der Waals surface area contributed by atoms with Gasteiger partial charge in [-0.05, 0) is 53.9 Å². The summed E-state index contributed by atoms with van der Waals surface area (Å²) >= 11 is 12.0. The molecule has 156 valence electrons. The molecule has 0 aromatic heterocycles. The summed E-state index contributed by atoms with van der Waals surface area (Å²) < 4.78 is 27.6. The van der Waals surface area contributed by atoms with Gasteiger partial charge in [-0.2, -0.15) is 4.31 Å². The van der Waals surface area contributed by atoms with Crippen LogP contribution in [-0.4, -0.2) is 31.7 Å². The average Bonchev–Trinajstić information content (AvgIpc) is 2.75. The standard InChI is InChI=1S/C22H20Cl2N2O3S/c23-18-6-8-21(20(24)14-18)25-22(27)16-9-11-26(12-10-16)30(28,29)19-7-5-15-3-1-2-4-17(15)13-19/h1-8,13-14,16H,9-12H2,(H,25,27). The smallest absolute Gasteiger partial charge is 0.243 e. The minimum atomic E-state index is -3.61. The van der Waals surface area contributed by atoms with Crippen molar-refractivity contribution in [1.82, 2.24) is 4.31 Å². The van der Waals surface area contributed by atoms with Gasteiger partial charge in [0.2, 0.25) is 15.9 Å². The van der Waals surface area contributed by atoms with Gasteiger partial charge in [0.05, 0.1) is 15.6 Å². The fourth-order valence-corrected chi connectivity index (χ4v) is 5.62. The van der Waals surface area contributed by atoms with Crippen LogP contribution in [0.25, 0.3) is 10.8 Å². The minimum Gasteiger partial charge on any atom is -0.325 e. The summed E-state index contributed by atoms with van der Waals surface area (Å²) in [6, 6.07) is 17.7. The average molecular weight is 463 g/mol. The van der Waals surface area contributed by atoms with Crippen LogP contribution >= 0.6 is 23.2 Å². The third-order valence-electron chi connectivity index (χ3n) is 5.37. The second kappa shape index (κ2) is 8.55. The molecule has 30 heavy (non-hydrogen) atoms. The number of nitrogens with zero attached hydrogens (tertiary/aromatic N) is 1. The Labute approximate surface area is 185 Å². The first-order valence-electron chi connectivity index (χ1n) is 9.59.